The van der Waals surface area contributed by atoms with E-state index in [0.29, 0.717) is 13.1 Å². The Balaban J connectivity index is 1.33. The molecule has 1 amide bonds. The van der Waals surface area contributed by atoms with Crippen LogP contribution in [0.1, 0.15) is 36.8 Å². The van der Waals surface area contributed by atoms with Crippen molar-refractivity contribution in [3.8, 4) is 0 Å². The summed E-state index contributed by atoms with van der Waals surface area (Å²) in [6, 6.07) is 16.2. The van der Waals surface area contributed by atoms with Crippen molar-refractivity contribution in [2.45, 2.75) is 37.5 Å². The van der Waals surface area contributed by atoms with E-state index >= 15 is 0 Å². The van der Waals surface area contributed by atoms with Crippen molar-refractivity contribution in [2.75, 3.05) is 42.6 Å². The quantitative estimate of drug-likeness (QED) is 0.726. The first-order valence-corrected chi connectivity index (χ1v) is 13.2. The van der Waals surface area contributed by atoms with Crippen LogP contribution in [0.5, 0.6) is 0 Å². The second-order valence-electron chi connectivity index (χ2n) is 9.44. The summed E-state index contributed by atoms with van der Waals surface area (Å²) in [5.74, 6) is 0.118. The van der Waals surface area contributed by atoms with E-state index in [1.165, 1.54) is 11.8 Å². The molecule has 1 aliphatic carbocycles. The Hall–Kier alpha value is -2.54. The van der Waals surface area contributed by atoms with Gasteiger partial charge in [-0.05, 0) is 61.4 Å². The third-order valence-corrected chi connectivity index (χ3v) is 8.20. The van der Waals surface area contributed by atoms with Gasteiger partial charge < -0.3 is 10.2 Å². The van der Waals surface area contributed by atoms with E-state index in [2.05, 4.69) is 40.5 Å². The van der Waals surface area contributed by atoms with Gasteiger partial charge >= 0.3 is 0 Å². The normalized spacial score (nSPS) is 22.6. The van der Waals surface area contributed by atoms with E-state index in [1.54, 1.807) is 4.31 Å². The Bertz CT molecular complexity index is 1070. The van der Waals surface area contributed by atoms with Crippen molar-refractivity contribution in [1.82, 2.24) is 5.32 Å². The van der Waals surface area contributed by atoms with Gasteiger partial charge in [-0.25, -0.2) is 8.42 Å². The maximum atomic E-state index is 12.8. The Labute approximate surface area is 191 Å². The van der Waals surface area contributed by atoms with Crippen LogP contribution in [0.4, 0.5) is 11.4 Å². The molecule has 0 atom stereocenters. The standard InChI is InChI=1S/C25H33N3O3S/c1-27(2)21-10-8-19(9-11-21)14-17-26-24(29)20-12-15-25(16-13-20)18-28(32(3,30)31)23-7-5-4-6-22(23)25/h4-11,20H,12-18H2,1-3H3,(H,26,29)/t20-,25-. The molecule has 1 spiro atoms. The van der Waals surface area contributed by atoms with Crippen molar-refractivity contribution in [1.29, 1.82) is 0 Å². The molecule has 0 saturated heterocycles. The van der Waals surface area contributed by atoms with E-state index in [4.69, 9.17) is 0 Å². The van der Waals surface area contributed by atoms with Gasteiger partial charge in [0.2, 0.25) is 15.9 Å². The van der Waals surface area contributed by atoms with Crippen LogP contribution in [0.15, 0.2) is 48.5 Å². The number of sulfonamides is 1. The van der Waals surface area contributed by atoms with Crippen LogP contribution in [-0.2, 0) is 26.7 Å². The highest BCUT2D eigenvalue weighted by Crippen LogP contribution is 2.50. The van der Waals surface area contributed by atoms with Gasteiger partial charge in [0.05, 0.1) is 11.9 Å². The molecule has 2 aromatic rings. The number of carbonyl (C=O) groups excluding carboxylic acids is 1. The lowest BCUT2D eigenvalue weighted by atomic mass is 9.67. The first kappa shape index (κ1) is 22.6. The molecule has 0 radical (unpaired) electrons. The smallest absolute Gasteiger partial charge is 0.232 e. The highest BCUT2D eigenvalue weighted by Gasteiger charge is 2.47. The number of para-hydroxylation sites is 1. The summed E-state index contributed by atoms with van der Waals surface area (Å²) in [4.78, 5) is 14.8. The number of carbonyl (C=O) groups is 1. The van der Waals surface area contributed by atoms with Crippen molar-refractivity contribution >= 4 is 27.3 Å². The zero-order chi connectivity index (χ0) is 22.9. The Morgan fingerprint density at radius 1 is 1.09 bits per heavy atom. The van der Waals surface area contributed by atoms with Crippen LogP contribution < -0.4 is 14.5 Å². The summed E-state index contributed by atoms with van der Waals surface area (Å²) in [6.45, 7) is 1.12. The molecule has 1 aliphatic heterocycles. The number of nitrogens with one attached hydrogen (secondary N) is 1. The lowest BCUT2D eigenvalue weighted by Gasteiger charge is -2.37. The average molecular weight is 456 g/mol. The second kappa shape index (κ2) is 8.77. The minimum atomic E-state index is -3.32. The molecule has 6 nitrogen and oxygen atoms in total. The predicted octanol–water partition coefficient (Wildman–Crippen LogP) is 3.32. The maximum Gasteiger partial charge on any atom is 0.232 e. The molecule has 1 N–H and O–H groups in total. The van der Waals surface area contributed by atoms with E-state index in [9.17, 15) is 13.2 Å². The van der Waals surface area contributed by atoms with Gasteiger partial charge in [-0.3, -0.25) is 9.10 Å². The number of hydrogen-bond donors (Lipinski definition) is 1. The first-order chi connectivity index (χ1) is 15.2. The van der Waals surface area contributed by atoms with Gasteiger partial charge in [0, 0.05) is 44.2 Å². The maximum absolute atomic E-state index is 12.8. The van der Waals surface area contributed by atoms with Crippen molar-refractivity contribution in [3.05, 3.63) is 59.7 Å². The van der Waals surface area contributed by atoms with Crippen molar-refractivity contribution in [2.24, 2.45) is 5.92 Å². The minimum Gasteiger partial charge on any atom is -0.378 e. The minimum absolute atomic E-state index is 0.00353. The van der Waals surface area contributed by atoms with E-state index in [0.717, 1.165) is 49.0 Å². The molecular formula is C25H33N3O3S. The first-order valence-electron chi connectivity index (χ1n) is 11.3. The number of amides is 1. The third-order valence-electron chi connectivity index (χ3n) is 7.07. The summed E-state index contributed by atoms with van der Waals surface area (Å²) in [5, 5.41) is 3.11. The predicted molar refractivity (Wildman–Crippen MR) is 130 cm³/mol. The second-order valence-corrected chi connectivity index (χ2v) is 11.4. The zero-order valence-corrected chi connectivity index (χ0v) is 20.0. The van der Waals surface area contributed by atoms with Gasteiger partial charge in [0.15, 0.2) is 0 Å². The molecule has 2 aliphatic rings. The van der Waals surface area contributed by atoms with Gasteiger partial charge in [-0.15, -0.1) is 0 Å². The Morgan fingerprint density at radius 2 is 1.75 bits per heavy atom. The number of nitrogens with zero attached hydrogens (tertiary/aromatic N) is 2. The zero-order valence-electron chi connectivity index (χ0n) is 19.2. The lowest BCUT2D eigenvalue weighted by Crippen LogP contribution is -2.42. The molecule has 0 unspecified atom stereocenters. The van der Waals surface area contributed by atoms with E-state index in [-0.39, 0.29) is 17.2 Å². The number of benzene rings is 2. The van der Waals surface area contributed by atoms with Crippen LogP contribution >= 0.6 is 0 Å². The van der Waals surface area contributed by atoms with Crippen LogP contribution in [0.25, 0.3) is 0 Å². The summed E-state index contributed by atoms with van der Waals surface area (Å²) >= 11 is 0. The molecule has 7 heteroatoms. The number of rotatable bonds is 6. The highest BCUT2D eigenvalue weighted by atomic mass is 32.2. The van der Waals surface area contributed by atoms with Crippen LogP contribution in [-0.4, -0.2) is 47.8 Å². The van der Waals surface area contributed by atoms with Crippen LogP contribution in [0, 0.1) is 5.92 Å². The fourth-order valence-electron chi connectivity index (χ4n) is 5.18. The van der Waals surface area contributed by atoms with Gasteiger partial charge in [-0.1, -0.05) is 30.3 Å². The van der Waals surface area contributed by atoms with E-state index in [1.807, 2.05) is 32.3 Å². The summed E-state index contributed by atoms with van der Waals surface area (Å²) in [7, 11) is 0.725. The summed E-state index contributed by atoms with van der Waals surface area (Å²) in [6.07, 6.45) is 5.33. The lowest BCUT2D eigenvalue weighted by molar-refractivity contribution is -0.126. The average Bonchev–Trinajstić information content (AvgIpc) is 3.09. The molecule has 1 fully saturated rings. The van der Waals surface area contributed by atoms with E-state index < -0.39 is 10.0 Å². The van der Waals surface area contributed by atoms with Crippen LogP contribution in [0.3, 0.4) is 0 Å². The molecule has 1 heterocycles. The number of anilines is 2. The van der Waals surface area contributed by atoms with Gasteiger partial charge in [0.25, 0.3) is 0 Å². The van der Waals surface area contributed by atoms with Crippen molar-refractivity contribution in [3.63, 3.8) is 0 Å². The highest BCUT2D eigenvalue weighted by molar-refractivity contribution is 7.92. The third kappa shape index (κ3) is 4.49. The Morgan fingerprint density at radius 3 is 2.38 bits per heavy atom. The summed E-state index contributed by atoms with van der Waals surface area (Å²) in [5.41, 5.74) is 4.12. The topological polar surface area (TPSA) is 69.7 Å². The molecule has 1 saturated carbocycles. The largest absolute Gasteiger partial charge is 0.378 e. The van der Waals surface area contributed by atoms with Gasteiger partial charge in [-0.2, -0.15) is 0 Å². The molecule has 32 heavy (non-hydrogen) atoms. The SMILES string of the molecule is CN(C)c1ccc(CCNC(=O)[C@H]2CC[C@]3(CC2)CN(S(C)(=O)=O)c2ccccc23)cc1. The molecule has 172 valence electrons. The summed E-state index contributed by atoms with van der Waals surface area (Å²) < 4.78 is 26.2. The van der Waals surface area contributed by atoms with Gasteiger partial charge in [0.1, 0.15) is 0 Å². The molecular weight excluding hydrogens is 422 g/mol. The molecule has 4 rings (SSSR count). The monoisotopic (exact) mass is 455 g/mol. The van der Waals surface area contributed by atoms with Crippen LogP contribution in [0.2, 0.25) is 0 Å². The fourth-order valence-corrected chi connectivity index (χ4v) is 6.17. The van der Waals surface area contributed by atoms with Crippen molar-refractivity contribution < 1.29 is 13.2 Å². The molecule has 0 bridgehead atoms. The molecule has 2 aromatic carbocycles. The molecule has 0 aromatic heterocycles. The Kier molecular flexibility index (Phi) is 6.21. The number of hydrogen-bond acceptors (Lipinski definition) is 4. The fraction of sp³-hybridized carbons (Fsp3) is 0.480. The number of fused-ring (bicyclic) bond motifs is 2.